The minimum absolute atomic E-state index is 0.00446. The smallest absolute Gasteiger partial charge is 0.326 e. The Balaban J connectivity index is 1.83. The number of carboxylic acid groups (broad SMARTS) is 1. The number of nitrogens with two attached hydrogens (primary N) is 1. The van der Waals surface area contributed by atoms with E-state index >= 15 is 0 Å². The molecule has 0 saturated carbocycles. The minimum Gasteiger partial charge on any atom is -0.508 e. The highest BCUT2D eigenvalue weighted by Gasteiger charge is 2.31. The first-order valence-corrected chi connectivity index (χ1v) is 14.6. The van der Waals surface area contributed by atoms with Crippen molar-refractivity contribution in [1.82, 2.24) is 20.9 Å². The predicted octanol–water partition coefficient (Wildman–Crippen LogP) is 2.62. The summed E-state index contributed by atoms with van der Waals surface area (Å²) < 4.78 is 0. The largest absolute Gasteiger partial charge is 0.508 e. The molecule has 3 aromatic rings. The number of amides is 3. The van der Waals surface area contributed by atoms with Crippen LogP contribution in [0.5, 0.6) is 5.75 Å². The number of hydrogen-bond donors (Lipinski definition) is 7. The molecule has 0 aliphatic heterocycles. The predicted molar refractivity (Wildman–Crippen MR) is 164 cm³/mol. The first kappa shape index (κ1) is 33.1. The minimum atomic E-state index is -1.15. The number of benzene rings is 2. The lowest BCUT2D eigenvalue weighted by Crippen LogP contribution is -2.58. The summed E-state index contributed by atoms with van der Waals surface area (Å²) in [5.41, 5.74) is 8.60. The molecule has 0 bridgehead atoms. The third-order valence-electron chi connectivity index (χ3n) is 7.12. The molecule has 11 nitrogen and oxygen atoms in total. The van der Waals surface area contributed by atoms with E-state index in [1.807, 2.05) is 52.0 Å². The zero-order chi connectivity index (χ0) is 31.7. The molecular formula is C32H43N5O6. The van der Waals surface area contributed by atoms with E-state index in [1.54, 1.807) is 18.3 Å². The Morgan fingerprint density at radius 3 is 1.95 bits per heavy atom. The summed E-state index contributed by atoms with van der Waals surface area (Å²) in [7, 11) is 0. The Morgan fingerprint density at radius 2 is 1.33 bits per heavy atom. The van der Waals surface area contributed by atoms with Crippen molar-refractivity contribution in [3.05, 3.63) is 65.9 Å². The van der Waals surface area contributed by atoms with Crippen LogP contribution in [-0.4, -0.2) is 63.1 Å². The van der Waals surface area contributed by atoms with Crippen LogP contribution in [0, 0.1) is 11.8 Å². The fraction of sp³-hybridized carbons (Fsp3) is 0.438. The molecule has 0 aliphatic rings. The molecule has 2 aromatic carbocycles. The number of aromatic hydroxyl groups is 1. The summed E-state index contributed by atoms with van der Waals surface area (Å²) in [6.45, 7) is 7.51. The number of H-pyrrole nitrogens is 1. The van der Waals surface area contributed by atoms with E-state index in [-0.39, 0.29) is 43.3 Å². The number of fused-ring (bicyclic) bond motifs is 1. The van der Waals surface area contributed by atoms with Crippen molar-refractivity contribution in [2.75, 3.05) is 0 Å². The molecule has 8 N–H and O–H groups in total. The fourth-order valence-corrected chi connectivity index (χ4v) is 4.93. The molecule has 0 radical (unpaired) electrons. The van der Waals surface area contributed by atoms with Gasteiger partial charge in [-0.3, -0.25) is 14.4 Å². The van der Waals surface area contributed by atoms with E-state index in [0.29, 0.717) is 0 Å². The van der Waals surface area contributed by atoms with E-state index < -0.39 is 47.9 Å². The maximum absolute atomic E-state index is 13.8. The number of aromatic amines is 1. The van der Waals surface area contributed by atoms with Crippen molar-refractivity contribution in [3.63, 3.8) is 0 Å². The molecule has 4 atom stereocenters. The van der Waals surface area contributed by atoms with Crippen LogP contribution in [0.3, 0.4) is 0 Å². The lowest BCUT2D eigenvalue weighted by molar-refractivity contribution is -0.143. The van der Waals surface area contributed by atoms with Gasteiger partial charge in [0, 0.05) is 23.5 Å². The van der Waals surface area contributed by atoms with Crippen LogP contribution in [0.4, 0.5) is 0 Å². The fourth-order valence-electron chi connectivity index (χ4n) is 4.93. The van der Waals surface area contributed by atoms with Gasteiger partial charge in [0.05, 0.1) is 6.04 Å². The number of rotatable bonds is 15. The van der Waals surface area contributed by atoms with E-state index in [4.69, 9.17) is 5.73 Å². The number of phenolic OH excluding ortho intramolecular Hbond substituents is 1. The van der Waals surface area contributed by atoms with Crippen LogP contribution in [-0.2, 0) is 32.0 Å². The van der Waals surface area contributed by atoms with Gasteiger partial charge in [0.25, 0.3) is 0 Å². The molecule has 4 unspecified atom stereocenters. The van der Waals surface area contributed by atoms with E-state index in [2.05, 4.69) is 20.9 Å². The molecule has 3 amide bonds. The van der Waals surface area contributed by atoms with Gasteiger partial charge in [-0.1, -0.05) is 58.0 Å². The number of carboxylic acids is 1. The van der Waals surface area contributed by atoms with Gasteiger partial charge < -0.3 is 36.9 Å². The van der Waals surface area contributed by atoms with Crippen molar-refractivity contribution in [2.24, 2.45) is 17.6 Å². The number of phenols is 1. The summed E-state index contributed by atoms with van der Waals surface area (Å²) in [6.07, 6.45) is 2.57. The second kappa shape index (κ2) is 15.2. The third-order valence-corrected chi connectivity index (χ3v) is 7.12. The number of aliphatic carboxylic acids is 1. The highest BCUT2D eigenvalue weighted by atomic mass is 16.4. The highest BCUT2D eigenvalue weighted by molar-refractivity contribution is 5.95. The lowest BCUT2D eigenvalue weighted by atomic mass is 9.99. The van der Waals surface area contributed by atoms with Gasteiger partial charge >= 0.3 is 5.97 Å². The zero-order valence-corrected chi connectivity index (χ0v) is 25.1. The molecule has 0 aliphatic carbocycles. The molecule has 0 saturated heterocycles. The average molecular weight is 594 g/mol. The first-order chi connectivity index (χ1) is 20.3. The van der Waals surface area contributed by atoms with Crippen LogP contribution in [0.1, 0.15) is 51.7 Å². The van der Waals surface area contributed by atoms with Gasteiger partial charge in [0.2, 0.25) is 17.7 Å². The number of carbonyl (C=O) groups excluding carboxylic acids is 3. The van der Waals surface area contributed by atoms with E-state index in [9.17, 15) is 29.4 Å². The van der Waals surface area contributed by atoms with Gasteiger partial charge in [-0.05, 0) is 60.4 Å². The molecule has 0 spiro atoms. The molecule has 232 valence electrons. The van der Waals surface area contributed by atoms with Gasteiger partial charge in [-0.15, -0.1) is 0 Å². The Hall–Kier alpha value is -4.38. The topological polar surface area (TPSA) is 187 Å². The quantitative estimate of drug-likeness (QED) is 0.141. The summed E-state index contributed by atoms with van der Waals surface area (Å²) in [5.74, 6) is -2.77. The highest BCUT2D eigenvalue weighted by Crippen LogP contribution is 2.20. The number of hydrogen-bond acceptors (Lipinski definition) is 6. The third kappa shape index (κ3) is 9.85. The Morgan fingerprint density at radius 1 is 0.767 bits per heavy atom. The van der Waals surface area contributed by atoms with Crippen LogP contribution in [0.2, 0.25) is 0 Å². The summed E-state index contributed by atoms with van der Waals surface area (Å²) in [6, 6.07) is 9.73. The second-order valence-corrected chi connectivity index (χ2v) is 11.8. The SMILES string of the molecule is CC(C)CC(NC(=O)C(CC(C)C)NC(=O)C(Cc1c[nH]c2ccccc12)NC(=O)C(N)Cc1ccc(O)cc1)C(=O)O. The number of aromatic nitrogens is 1. The lowest BCUT2D eigenvalue weighted by Gasteiger charge is -2.26. The average Bonchev–Trinajstić information content (AvgIpc) is 3.35. The second-order valence-electron chi connectivity index (χ2n) is 11.8. The zero-order valence-electron chi connectivity index (χ0n) is 25.1. The summed E-state index contributed by atoms with van der Waals surface area (Å²) in [4.78, 5) is 55.2. The molecule has 1 heterocycles. The van der Waals surface area contributed by atoms with E-state index in [1.165, 1.54) is 12.1 Å². The monoisotopic (exact) mass is 593 g/mol. The number of carbonyl (C=O) groups is 4. The maximum Gasteiger partial charge on any atom is 0.326 e. The van der Waals surface area contributed by atoms with Gasteiger partial charge in [-0.25, -0.2) is 4.79 Å². The van der Waals surface area contributed by atoms with Crippen LogP contribution >= 0.6 is 0 Å². The van der Waals surface area contributed by atoms with Crippen molar-refractivity contribution in [2.45, 2.75) is 77.5 Å². The Kier molecular flexibility index (Phi) is 11.7. The summed E-state index contributed by atoms with van der Waals surface area (Å²) >= 11 is 0. The Bertz CT molecular complexity index is 1400. The standard InChI is InChI=1S/C32H43N5O6/c1-18(2)13-26(30(40)37-28(32(42)43)14-19(3)4)36-31(41)27(16-21-17-34-25-8-6-5-7-23(21)25)35-29(39)24(33)15-20-9-11-22(38)12-10-20/h5-12,17-19,24,26-28,34,38H,13-16,33H2,1-4H3,(H,35,39)(H,36,41)(H,37,40)(H,42,43). The van der Waals surface area contributed by atoms with Crippen molar-refractivity contribution in [3.8, 4) is 5.75 Å². The van der Waals surface area contributed by atoms with Crippen molar-refractivity contribution < 1.29 is 29.4 Å². The number of para-hydroxylation sites is 1. The van der Waals surface area contributed by atoms with E-state index in [0.717, 1.165) is 22.0 Å². The van der Waals surface area contributed by atoms with Crippen LogP contribution < -0.4 is 21.7 Å². The molecular weight excluding hydrogens is 550 g/mol. The van der Waals surface area contributed by atoms with Gasteiger partial charge in [-0.2, -0.15) is 0 Å². The van der Waals surface area contributed by atoms with Crippen molar-refractivity contribution >= 4 is 34.6 Å². The summed E-state index contributed by atoms with van der Waals surface area (Å²) in [5, 5.41) is 28.2. The molecule has 43 heavy (non-hydrogen) atoms. The van der Waals surface area contributed by atoms with Gasteiger partial charge in [0.1, 0.15) is 23.9 Å². The van der Waals surface area contributed by atoms with Crippen LogP contribution in [0.15, 0.2) is 54.7 Å². The van der Waals surface area contributed by atoms with Crippen LogP contribution in [0.25, 0.3) is 10.9 Å². The van der Waals surface area contributed by atoms with Crippen molar-refractivity contribution in [1.29, 1.82) is 0 Å². The van der Waals surface area contributed by atoms with Gasteiger partial charge in [0.15, 0.2) is 0 Å². The molecule has 11 heteroatoms. The normalized spacial score (nSPS) is 14.2. The number of nitrogens with one attached hydrogen (secondary N) is 4. The first-order valence-electron chi connectivity index (χ1n) is 14.6. The molecule has 0 fully saturated rings. The molecule has 3 rings (SSSR count). The Labute approximate surface area is 251 Å². The molecule has 1 aromatic heterocycles. The maximum atomic E-state index is 13.8.